The zero-order valence-corrected chi connectivity index (χ0v) is 11.6. The molecule has 2 atom stereocenters. The van der Waals surface area contributed by atoms with Crippen LogP contribution in [0.3, 0.4) is 0 Å². The highest BCUT2D eigenvalue weighted by Crippen LogP contribution is 2.24. The number of carboxylic acids is 1. The second-order valence-electron chi connectivity index (χ2n) is 5.00. The van der Waals surface area contributed by atoms with Gasteiger partial charge in [-0.1, -0.05) is 12.1 Å². The number of phenols is 1. The SMILES string of the molecule is O=C(O)[C@H](Cc1cccc(O)c1)N1CC(CCl)CC1=O. The first-order valence-corrected chi connectivity index (χ1v) is 6.91. The van der Waals surface area contributed by atoms with Crippen molar-refractivity contribution in [3.8, 4) is 5.75 Å². The molecule has 1 amide bonds. The molecule has 5 nitrogen and oxygen atoms in total. The summed E-state index contributed by atoms with van der Waals surface area (Å²) < 4.78 is 0. The highest BCUT2D eigenvalue weighted by atomic mass is 35.5. The largest absolute Gasteiger partial charge is 0.508 e. The van der Waals surface area contributed by atoms with Crippen molar-refractivity contribution in [3.63, 3.8) is 0 Å². The third-order valence-corrected chi connectivity index (χ3v) is 3.89. The van der Waals surface area contributed by atoms with Crippen molar-refractivity contribution in [1.29, 1.82) is 0 Å². The van der Waals surface area contributed by atoms with E-state index in [1.165, 1.54) is 17.0 Å². The lowest BCUT2D eigenvalue weighted by atomic mass is 10.0. The van der Waals surface area contributed by atoms with Crippen LogP contribution >= 0.6 is 11.6 Å². The number of rotatable bonds is 5. The molecule has 1 saturated heterocycles. The maximum Gasteiger partial charge on any atom is 0.326 e. The van der Waals surface area contributed by atoms with E-state index < -0.39 is 12.0 Å². The molecule has 1 aliphatic rings. The fraction of sp³-hybridized carbons (Fsp3) is 0.429. The predicted molar refractivity (Wildman–Crippen MR) is 73.8 cm³/mol. The van der Waals surface area contributed by atoms with E-state index in [4.69, 9.17) is 11.6 Å². The number of aliphatic carboxylic acids is 1. The minimum Gasteiger partial charge on any atom is -0.508 e. The molecule has 2 N–H and O–H groups in total. The van der Waals surface area contributed by atoms with E-state index in [-0.39, 0.29) is 24.0 Å². The molecule has 1 aromatic carbocycles. The van der Waals surface area contributed by atoms with E-state index in [9.17, 15) is 19.8 Å². The Morgan fingerprint density at radius 3 is 2.80 bits per heavy atom. The van der Waals surface area contributed by atoms with Gasteiger partial charge in [-0.05, 0) is 23.6 Å². The van der Waals surface area contributed by atoms with E-state index >= 15 is 0 Å². The Balaban J connectivity index is 2.16. The van der Waals surface area contributed by atoms with Gasteiger partial charge in [0.25, 0.3) is 0 Å². The Morgan fingerprint density at radius 1 is 1.50 bits per heavy atom. The van der Waals surface area contributed by atoms with E-state index in [0.29, 0.717) is 24.4 Å². The standard InChI is InChI=1S/C14H16ClNO4/c15-7-10-6-13(18)16(8-10)12(14(19)20)5-9-2-1-3-11(17)4-9/h1-4,10,12,17H,5-8H2,(H,19,20)/t10?,12-/m0/s1. The lowest BCUT2D eigenvalue weighted by Gasteiger charge is -2.24. The van der Waals surface area contributed by atoms with Crippen molar-refractivity contribution in [2.45, 2.75) is 18.9 Å². The van der Waals surface area contributed by atoms with Crippen molar-refractivity contribution < 1.29 is 19.8 Å². The van der Waals surface area contributed by atoms with Crippen LogP contribution < -0.4 is 0 Å². The third kappa shape index (κ3) is 3.22. The van der Waals surface area contributed by atoms with Crippen LogP contribution in [-0.4, -0.2) is 45.5 Å². The number of halogens is 1. The second-order valence-corrected chi connectivity index (χ2v) is 5.31. The van der Waals surface area contributed by atoms with Crippen LogP contribution in [-0.2, 0) is 16.0 Å². The fourth-order valence-corrected chi connectivity index (χ4v) is 2.66. The first-order chi connectivity index (χ1) is 9.51. The van der Waals surface area contributed by atoms with Gasteiger partial charge in [-0.2, -0.15) is 0 Å². The zero-order valence-electron chi connectivity index (χ0n) is 10.8. The third-order valence-electron chi connectivity index (χ3n) is 3.46. The number of nitrogens with zero attached hydrogens (tertiary/aromatic N) is 1. The van der Waals surface area contributed by atoms with Crippen LogP contribution in [0.2, 0.25) is 0 Å². The number of carbonyl (C=O) groups excluding carboxylic acids is 1. The molecule has 1 aliphatic heterocycles. The Kier molecular flexibility index (Phi) is 4.49. The van der Waals surface area contributed by atoms with Gasteiger partial charge in [0.05, 0.1) is 0 Å². The number of hydrogen-bond donors (Lipinski definition) is 2. The minimum atomic E-state index is -1.04. The van der Waals surface area contributed by atoms with Crippen LogP contribution in [0.15, 0.2) is 24.3 Å². The highest BCUT2D eigenvalue weighted by Gasteiger charge is 2.37. The van der Waals surface area contributed by atoms with E-state index in [1.807, 2.05) is 0 Å². The first-order valence-electron chi connectivity index (χ1n) is 6.37. The summed E-state index contributed by atoms with van der Waals surface area (Å²) in [5, 5.41) is 18.8. The van der Waals surface area contributed by atoms with Crippen molar-refractivity contribution in [3.05, 3.63) is 29.8 Å². The molecule has 0 bridgehead atoms. The van der Waals surface area contributed by atoms with Gasteiger partial charge in [-0.15, -0.1) is 11.6 Å². The number of phenolic OH excluding ortho intramolecular Hbond substituents is 1. The van der Waals surface area contributed by atoms with Gasteiger partial charge in [0.15, 0.2) is 0 Å². The predicted octanol–water partition coefficient (Wildman–Crippen LogP) is 1.48. The van der Waals surface area contributed by atoms with E-state index in [0.717, 1.165) is 0 Å². The van der Waals surface area contributed by atoms with E-state index in [2.05, 4.69) is 0 Å². The average Bonchev–Trinajstić information content (AvgIpc) is 2.77. The summed E-state index contributed by atoms with van der Waals surface area (Å²) >= 11 is 5.74. The molecule has 0 radical (unpaired) electrons. The molecule has 20 heavy (non-hydrogen) atoms. The summed E-state index contributed by atoms with van der Waals surface area (Å²) in [6.07, 6.45) is 0.470. The molecule has 1 unspecified atom stereocenters. The molecule has 6 heteroatoms. The molecule has 2 rings (SSSR count). The second kappa shape index (κ2) is 6.13. The molecular formula is C14H16ClNO4. The number of amides is 1. The maximum atomic E-state index is 11.9. The molecule has 1 fully saturated rings. The summed E-state index contributed by atoms with van der Waals surface area (Å²) in [7, 11) is 0. The summed E-state index contributed by atoms with van der Waals surface area (Å²) in [5.41, 5.74) is 0.680. The molecular weight excluding hydrogens is 282 g/mol. The van der Waals surface area contributed by atoms with Crippen LogP contribution in [0, 0.1) is 5.92 Å². The molecule has 0 aromatic heterocycles. The van der Waals surface area contributed by atoms with Gasteiger partial charge >= 0.3 is 5.97 Å². The Morgan fingerprint density at radius 2 is 2.25 bits per heavy atom. The molecule has 108 valence electrons. The highest BCUT2D eigenvalue weighted by molar-refractivity contribution is 6.18. The molecule has 0 spiro atoms. The summed E-state index contributed by atoms with van der Waals surface area (Å²) in [6, 6.07) is 5.49. The van der Waals surface area contributed by atoms with Crippen LogP contribution in [0.25, 0.3) is 0 Å². The number of hydrogen-bond acceptors (Lipinski definition) is 3. The van der Waals surface area contributed by atoms with Gasteiger partial charge in [-0.3, -0.25) is 4.79 Å². The normalized spacial score (nSPS) is 20.1. The maximum absolute atomic E-state index is 11.9. The quantitative estimate of drug-likeness (QED) is 0.807. The topological polar surface area (TPSA) is 77.8 Å². The lowest BCUT2D eigenvalue weighted by Crippen LogP contribution is -2.43. The summed E-state index contributed by atoms with van der Waals surface area (Å²) in [6.45, 7) is 0.373. The van der Waals surface area contributed by atoms with Gasteiger partial charge in [0.2, 0.25) is 5.91 Å². The van der Waals surface area contributed by atoms with Crippen LogP contribution in [0.4, 0.5) is 0 Å². The number of alkyl halides is 1. The van der Waals surface area contributed by atoms with Gasteiger partial charge in [0, 0.05) is 25.3 Å². The molecule has 1 heterocycles. The average molecular weight is 298 g/mol. The van der Waals surface area contributed by atoms with Crippen molar-refractivity contribution in [2.24, 2.45) is 5.92 Å². The van der Waals surface area contributed by atoms with E-state index in [1.54, 1.807) is 12.1 Å². The Labute approximate surface area is 121 Å². The number of carbonyl (C=O) groups is 2. The van der Waals surface area contributed by atoms with Crippen molar-refractivity contribution in [1.82, 2.24) is 4.90 Å². The number of aromatic hydroxyl groups is 1. The smallest absolute Gasteiger partial charge is 0.326 e. The van der Waals surface area contributed by atoms with Crippen molar-refractivity contribution in [2.75, 3.05) is 12.4 Å². The molecule has 0 aliphatic carbocycles. The number of carboxylic acid groups (broad SMARTS) is 1. The summed E-state index contributed by atoms with van der Waals surface area (Å²) in [5.74, 6) is -0.783. The minimum absolute atomic E-state index is 0.00944. The molecule has 1 aromatic rings. The van der Waals surface area contributed by atoms with Crippen LogP contribution in [0.5, 0.6) is 5.75 Å². The summed E-state index contributed by atoms with van der Waals surface area (Å²) in [4.78, 5) is 24.7. The lowest BCUT2D eigenvalue weighted by molar-refractivity contribution is -0.148. The Bertz CT molecular complexity index is 520. The molecule has 0 saturated carbocycles. The number of likely N-dealkylation sites (tertiary alicyclic amines) is 1. The van der Waals surface area contributed by atoms with Gasteiger partial charge < -0.3 is 15.1 Å². The van der Waals surface area contributed by atoms with Gasteiger partial charge in [0.1, 0.15) is 11.8 Å². The first kappa shape index (κ1) is 14.7. The fourth-order valence-electron chi connectivity index (χ4n) is 2.45. The monoisotopic (exact) mass is 297 g/mol. The zero-order chi connectivity index (χ0) is 14.7. The Hall–Kier alpha value is -1.75. The van der Waals surface area contributed by atoms with Crippen LogP contribution in [0.1, 0.15) is 12.0 Å². The number of benzene rings is 1. The van der Waals surface area contributed by atoms with Crippen molar-refractivity contribution >= 4 is 23.5 Å². The van der Waals surface area contributed by atoms with Gasteiger partial charge in [-0.25, -0.2) is 4.79 Å².